The summed E-state index contributed by atoms with van der Waals surface area (Å²) >= 11 is 2.85. The van der Waals surface area contributed by atoms with E-state index in [0.29, 0.717) is 15.4 Å². The van der Waals surface area contributed by atoms with E-state index < -0.39 is 9.84 Å². The van der Waals surface area contributed by atoms with Gasteiger partial charge in [0, 0.05) is 11.3 Å². The van der Waals surface area contributed by atoms with Gasteiger partial charge in [-0.2, -0.15) is 0 Å². The maximum atomic E-state index is 13.1. The molecule has 1 amide bonds. The van der Waals surface area contributed by atoms with E-state index in [9.17, 15) is 18.0 Å². The standard InChI is InChI=1S/C20H25NO4S3/c1-13(2)12-28(24,25)11-9-17(22)21-20-18(19(23)16-8-5-10-26-16)14-6-3-4-7-15(14)27-20/h5,8,10,13H,3-4,6-7,9,11-12H2,1-2H3,(H,21,22). The van der Waals surface area contributed by atoms with Gasteiger partial charge in [0.05, 0.1) is 21.9 Å². The highest BCUT2D eigenvalue weighted by Gasteiger charge is 2.27. The second-order valence-corrected chi connectivity index (χ2v) is 11.8. The predicted molar refractivity (Wildman–Crippen MR) is 115 cm³/mol. The Morgan fingerprint density at radius 3 is 2.64 bits per heavy atom. The van der Waals surface area contributed by atoms with Gasteiger partial charge < -0.3 is 5.32 Å². The Kier molecular flexibility index (Phi) is 6.73. The fraction of sp³-hybridized carbons (Fsp3) is 0.500. The molecule has 0 aliphatic heterocycles. The molecule has 1 N–H and O–H groups in total. The van der Waals surface area contributed by atoms with E-state index >= 15 is 0 Å². The number of aryl methyl sites for hydroxylation is 1. The minimum Gasteiger partial charge on any atom is -0.317 e. The molecule has 0 fully saturated rings. The monoisotopic (exact) mass is 439 g/mol. The van der Waals surface area contributed by atoms with Crippen LogP contribution in [-0.2, 0) is 27.5 Å². The van der Waals surface area contributed by atoms with E-state index in [-0.39, 0.29) is 35.5 Å². The van der Waals surface area contributed by atoms with Crippen LogP contribution in [0.3, 0.4) is 0 Å². The molecule has 1 aliphatic rings. The molecule has 8 heteroatoms. The van der Waals surface area contributed by atoms with Gasteiger partial charge in [-0.05, 0) is 48.6 Å². The highest BCUT2D eigenvalue weighted by atomic mass is 32.2. The molecular weight excluding hydrogens is 414 g/mol. The molecule has 0 atom stereocenters. The van der Waals surface area contributed by atoms with E-state index in [4.69, 9.17) is 0 Å². The third-order valence-electron chi connectivity index (χ3n) is 4.62. The number of anilines is 1. The van der Waals surface area contributed by atoms with Gasteiger partial charge in [-0.15, -0.1) is 22.7 Å². The minimum atomic E-state index is -3.26. The van der Waals surface area contributed by atoms with Crippen LogP contribution >= 0.6 is 22.7 Å². The van der Waals surface area contributed by atoms with Crippen LogP contribution in [0.15, 0.2) is 17.5 Å². The lowest BCUT2D eigenvalue weighted by Gasteiger charge is -2.12. The topological polar surface area (TPSA) is 80.3 Å². The number of amides is 1. The van der Waals surface area contributed by atoms with Crippen molar-refractivity contribution in [2.45, 2.75) is 46.0 Å². The number of thiophene rings is 2. The number of fused-ring (bicyclic) bond motifs is 1. The molecule has 28 heavy (non-hydrogen) atoms. The first-order chi connectivity index (χ1) is 13.3. The number of sulfone groups is 1. The lowest BCUT2D eigenvalue weighted by atomic mass is 9.93. The Bertz CT molecular complexity index is 956. The van der Waals surface area contributed by atoms with Crippen LogP contribution in [0, 0.1) is 5.92 Å². The number of nitrogens with one attached hydrogen (secondary N) is 1. The third-order valence-corrected chi connectivity index (χ3v) is 8.70. The third kappa shape index (κ3) is 5.10. The summed E-state index contributed by atoms with van der Waals surface area (Å²) in [6, 6.07) is 3.64. The number of carbonyl (C=O) groups is 2. The van der Waals surface area contributed by atoms with E-state index in [1.54, 1.807) is 6.07 Å². The molecule has 5 nitrogen and oxygen atoms in total. The van der Waals surface area contributed by atoms with Gasteiger partial charge in [0.15, 0.2) is 9.84 Å². The maximum absolute atomic E-state index is 13.1. The Balaban J connectivity index is 1.79. The van der Waals surface area contributed by atoms with Gasteiger partial charge in [-0.3, -0.25) is 9.59 Å². The molecule has 0 unspecified atom stereocenters. The van der Waals surface area contributed by atoms with Gasteiger partial charge in [0.2, 0.25) is 11.7 Å². The highest BCUT2D eigenvalue weighted by Crippen LogP contribution is 2.39. The van der Waals surface area contributed by atoms with Crippen molar-refractivity contribution in [2.24, 2.45) is 5.92 Å². The summed E-state index contributed by atoms with van der Waals surface area (Å²) in [5, 5.41) is 5.27. The zero-order valence-corrected chi connectivity index (χ0v) is 18.6. The SMILES string of the molecule is CC(C)CS(=O)(=O)CCC(=O)Nc1sc2c(c1C(=O)c1cccs1)CCCC2. The molecule has 3 rings (SSSR count). The van der Waals surface area contributed by atoms with Crippen LogP contribution in [0.25, 0.3) is 0 Å². The summed E-state index contributed by atoms with van der Waals surface area (Å²) in [7, 11) is -3.26. The largest absolute Gasteiger partial charge is 0.317 e. The lowest BCUT2D eigenvalue weighted by molar-refractivity contribution is -0.115. The molecule has 0 radical (unpaired) electrons. The molecule has 152 valence electrons. The average Bonchev–Trinajstić information content (AvgIpc) is 3.26. The number of ketones is 1. The van der Waals surface area contributed by atoms with Gasteiger partial charge in [0.25, 0.3) is 0 Å². The zero-order chi connectivity index (χ0) is 20.3. The van der Waals surface area contributed by atoms with Crippen molar-refractivity contribution < 1.29 is 18.0 Å². The zero-order valence-electron chi connectivity index (χ0n) is 16.1. The second kappa shape index (κ2) is 8.88. The Labute approximate surface area is 174 Å². The summed E-state index contributed by atoms with van der Waals surface area (Å²) < 4.78 is 24.1. The van der Waals surface area contributed by atoms with E-state index in [0.717, 1.165) is 36.1 Å². The summed E-state index contributed by atoms with van der Waals surface area (Å²) in [5.41, 5.74) is 1.65. The molecule has 2 heterocycles. The van der Waals surface area contributed by atoms with Gasteiger partial charge >= 0.3 is 0 Å². The Hall–Kier alpha value is -1.51. The van der Waals surface area contributed by atoms with Crippen molar-refractivity contribution in [1.29, 1.82) is 0 Å². The lowest BCUT2D eigenvalue weighted by Crippen LogP contribution is -2.21. The summed E-state index contributed by atoms with van der Waals surface area (Å²) in [5.74, 6) is -0.471. The molecule has 2 aromatic rings. The summed E-state index contributed by atoms with van der Waals surface area (Å²) in [6.45, 7) is 3.69. The Morgan fingerprint density at radius 2 is 1.96 bits per heavy atom. The molecule has 0 saturated heterocycles. The van der Waals surface area contributed by atoms with Crippen molar-refractivity contribution in [3.05, 3.63) is 38.4 Å². The van der Waals surface area contributed by atoms with Gasteiger partial charge in [-0.1, -0.05) is 19.9 Å². The van der Waals surface area contributed by atoms with E-state index in [1.807, 2.05) is 25.3 Å². The first-order valence-electron chi connectivity index (χ1n) is 9.50. The molecule has 0 saturated carbocycles. The fourth-order valence-electron chi connectivity index (χ4n) is 3.45. The van der Waals surface area contributed by atoms with Crippen LogP contribution in [0.4, 0.5) is 5.00 Å². The van der Waals surface area contributed by atoms with Crippen molar-refractivity contribution in [3.63, 3.8) is 0 Å². The molecule has 0 aromatic carbocycles. The number of carbonyl (C=O) groups excluding carboxylic acids is 2. The smallest absolute Gasteiger partial charge is 0.226 e. The number of hydrogen-bond acceptors (Lipinski definition) is 6. The van der Waals surface area contributed by atoms with Crippen LogP contribution < -0.4 is 5.32 Å². The van der Waals surface area contributed by atoms with Crippen molar-refractivity contribution in [2.75, 3.05) is 16.8 Å². The second-order valence-electron chi connectivity index (χ2n) is 7.53. The van der Waals surface area contributed by atoms with Crippen LogP contribution in [0.1, 0.15) is 58.8 Å². The van der Waals surface area contributed by atoms with Crippen LogP contribution in [0.2, 0.25) is 0 Å². The molecule has 0 bridgehead atoms. The maximum Gasteiger partial charge on any atom is 0.226 e. The molecule has 0 spiro atoms. The normalized spacial score (nSPS) is 14.1. The Morgan fingerprint density at radius 1 is 1.21 bits per heavy atom. The number of rotatable bonds is 8. The summed E-state index contributed by atoms with van der Waals surface area (Å²) in [6.07, 6.45) is 3.79. The van der Waals surface area contributed by atoms with Gasteiger partial charge in [-0.25, -0.2) is 8.42 Å². The van der Waals surface area contributed by atoms with Crippen LogP contribution in [0.5, 0.6) is 0 Å². The van der Waals surface area contributed by atoms with Crippen molar-refractivity contribution in [3.8, 4) is 0 Å². The van der Waals surface area contributed by atoms with Crippen molar-refractivity contribution in [1.82, 2.24) is 0 Å². The van der Waals surface area contributed by atoms with E-state index in [1.165, 1.54) is 22.7 Å². The first-order valence-corrected chi connectivity index (χ1v) is 13.0. The summed E-state index contributed by atoms with van der Waals surface area (Å²) in [4.78, 5) is 27.3. The quantitative estimate of drug-likeness (QED) is 0.621. The fourth-order valence-corrected chi connectivity index (χ4v) is 7.11. The minimum absolute atomic E-state index is 0.0344. The van der Waals surface area contributed by atoms with E-state index in [2.05, 4.69) is 5.32 Å². The number of hydrogen-bond donors (Lipinski definition) is 1. The average molecular weight is 440 g/mol. The molecule has 1 aliphatic carbocycles. The first kappa shape index (κ1) is 21.2. The van der Waals surface area contributed by atoms with Crippen molar-refractivity contribution >= 4 is 49.2 Å². The highest BCUT2D eigenvalue weighted by molar-refractivity contribution is 7.91. The van der Waals surface area contributed by atoms with Crippen LogP contribution in [-0.4, -0.2) is 31.6 Å². The molecule has 2 aromatic heterocycles. The molecular formula is C20H25NO4S3. The van der Waals surface area contributed by atoms with Gasteiger partial charge in [0.1, 0.15) is 5.00 Å². The predicted octanol–water partition coefficient (Wildman–Crippen LogP) is 4.32.